The van der Waals surface area contributed by atoms with E-state index >= 15 is 0 Å². The van der Waals surface area contributed by atoms with Crippen molar-refractivity contribution in [3.63, 3.8) is 0 Å². The molecule has 1 aromatic carbocycles. The molecule has 0 bridgehead atoms. The molecular formula is C17H16N4O3S. The predicted molar refractivity (Wildman–Crippen MR) is 95.2 cm³/mol. The van der Waals surface area contributed by atoms with Gasteiger partial charge in [-0.15, -0.1) is 0 Å². The van der Waals surface area contributed by atoms with E-state index in [9.17, 15) is 9.59 Å². The maximum atomic E-state index is 12.1. The number of carbonyl (C=O) groups excluding carboxylic acids is 2. The zero-order chi connectivity index (χ0) is 17.8. The van der Waals surface area contributed by atoms with Crippen molar-refractivity contribution in [1.82, 2.24) is 20.6 Å². The highest BCUT2D eigenvalue weighted by Gasteiger charge is 2.20. The van der Waals surface area contributed by atoms with Crippen molar-refractivity contribution in [2.75, 3.05) is 7.05 Å². The van der Waals surface area contributed by atoms with Gasteiger partial charge in [0.1, 0.15) is 5.03 Å². The number of hydrogen-bond donors (Lipinski definition) is 2. The van der Waals surface area contributed by atoms with Crippen LogP contribution in [0.5, 0.6) is 0 Å². The highest BCUT2D eigenvalue weighted by atomic mass is 32.2. The monoisotopic (exact) mass is 356 g/mol. The van der Waals surface area contributed by atoms with Gasteiger partial charge in [-0.3, -0.25) is 10.1 Å². The Labute approximate surface area is 148 Å². The Bertz CT molecular complexity index is 911. The second-order valence-electron chi connectivity index (χ2n) is 5.18. The number of furan rings is 1. The Morgan fingerprint density at radius 3 is 2.68 bits per heavy atom. The molecule has 3 aromatic rings. The molecular weight excluding hydrogens is 340 g/mol. The molecule has 0 fully saturated rings. The van der Waals surface area contributed by atoms with E-state index in [0.717, 1.165) is 10.9 Å². The summed E-state index contributed by atoms with van der Waals surface area (Å²) in [4.78, 5) is 32.5. The van der Waals surface area contributed by atoms with Crippen molar-refractivity contribution < 1.29 is 14.0 Å². The molecule has 128 valence electrons. The number of nitrogens with one attached hydrogen (secondary N) is 2. The largest absolute Gasteiger partial charge is 0.461 e. The molecule has 2 heterocycles. The Morgan fingerprint density at radius 1 is 1.16 bits per heavy atom. The van der Waals surface area contributed by atoms with E-state index in [4.69, 9.17) is 4.42 Å². The third-order valence-corrected chi connectivity index (χ3v) is 4.53. The molecule has 8 heteroatoms. The fourth-order valence-corrected chi connectivity index (χ4v) is 3.09. The van der Waals surface area contributed by atoms with E-state index in [-0.39, 0.29) is 0 Å². The van der Waals surface area contributed by atoms with Crippen molar-refractivity contribution >= 4 is 34.6 Å². The quantitative estimate of drug-likeness (QED) is 0.551. The molecule has 0 aliphatic heterocycles. The molecule has 0 aliphatic carbocycles. The first-order chi connectivity index (χ1) is 12.1. The lowest BCUT2D eigenvalue weighted by Gasteiger charge is -2.12. The number of amides is 3. The number of hydrogen-bond acceptors (Lipinski definition) is 6. The second-order valence-corrected chi connectivity index (χ2v) is 6.50. The SMILES string of the molecule is CNC(=O)NC(=O)[C@@H](C)Sc1nc(-c2ccco2)nc2ccccc12. The third kappa shape index (κ3) is 3.80. The van der Waals surface area contributed by atoms with Crippen molar-refractivity contribution in [2.24, 2.45) is 0 Å². The summed E-state index contributed by atoms with van der Waals surface area (Å²) in [6.07, 6.45) is 1.56. The van der Waals surface area contributed by atoms with E-state index in [1.807, 2.05) is 24.3 Å². The van der Waals surface area contributed by atoms with Crippen LogP contribution in [0.1, 0.15) is 6.92 Å². The highest BCUT2D eigenvalue weighted by Crippen LogP contribution is 2.31. The summed E-state index contributed by atoms with van der Waals surface area (Å²) in [7, 11) is 1.45. The van der Waals surface area contributed by atoms with Gasteiger partial charge >= 0.3 is 6.03 Å². The third-order valence-electron chi connectivity index (χ3n) is 3.43. The van der Waals surface area contributed by atoms with Crippen LogP contribution >= 0.6 is 11.8 Å². The molecule has 0 saturated carbocycles. The number of carbonyl (C=O) groups is 2. The van der Waals surface area contributed by atoms with Gasteiger partial charge in [0.25, 0.3) is 0 Å². The van der Waals surface area contributed by atoms with E-state index in [1.54, 1.807) is 25.3 Å². The van der Waals surface area contributed by atoms with Gasteiger partial charge in [0, 0.05) is 12.4 Å². The van der Waals surface area contributed by atoms with Gasteiger partial charge in [0.05, 0.1) is 17.0 Å². The standard InChI is InChI=1S/C17H16N4O3S/c1-10(15(22)21-17(23)18-2)25-16-11-6-3-4-7-12(11)19-14(20-16)13-8-5-9-24-13/h3-10H,1-2H3,(H2,18,21,22,23)/t10-/m1/s1. The number of aromatic nitrogens is 2. The molecule has 3 amide bonds. The van der Waals surface area contributed by atoms with Crippen LogP contribution in [0, 0.1) is 0 Å². The van der Waals surface area contributed by atoms with Gasteiger partial charge in [-0.1, -0.05) is 30.0 Å². The first-order valence-electron chi connectivity index (χ1n) is 7.58. The minimum Gasteiger partial charge on any atom is -0.461 e. The minimum atomic E-state index is -0.540. The maximum absolute atomic E-state index is 12.1. The van der Waals surface area contributed by atoms with Gasteiger partial charge in [0.15, 0.2) is 11.6 Å². The van der Waals surface area contributed by atoms with Crippen LogP contribution in [0.3, 0.4) is 0 Å². The summed E-state index contributed by atoms with van der Waals surface area (Å²) in [6, 6.07) is 10.5. The average molecular weight is 356 g/mol. The Hall–Kier alpha value is -2.87. The molecule has 7 nitrogen and oxygen atoms in total. The molecule has 0 aliphatic rings. The van der Waals surface area contributed by atoms with Crippen LogP contribution in [0.25, 0.3) is 22.5 Å². The zero-order valence-corrected chi connectivity index (χ0v) is 14.5. The Morgan fingerprint density at radius 2 is 1.96 bits per heavy atom. The van der Waals surface area contributed by atoms with Crippen LogP contribution in [-0.4, -0.2) is 34.2 Å². The van der Waals surface area contributed by atoms with E-state index in [1.165, 1.54) is 18.8 Å². The molecule has 0 unspecified atom stereocenters. The molecule has 0 radical (unpaired) electrons. The number of fused-ring (bicyclic) bond motifs is 1. The summed E-state index contributed by atoms with van der Waals surface area (Å²) in [5.74, 6) is 0.603. The lowest BCUT2D eigenvalue weighted by molar-refractivity contribution is -0.119. The summed E-state index contributed by atoms with van der Waals surface area (Å²) in [6.45, 7) is 1.71. The van der Waals surface area contributed by atoms with Gasteiger partial charge in [-0.2, -0.15) is 0 Å². The number of para-hydroxylation sites is 1. The van der Waals surface area contributed by atoms with Gasteiger partial charge in [-0.05, 0) is 25.1 Å². The maximum Gasteiger partial charge on any atom is 0.321 e. The van der Waals surface area contributed by atoms with Crippen LogP contribution < -0.4 is 10.6 Å². The van der Waals surface area contributed by atoms with Crippen LogP contribution in [0.2, 0.25) is 0 Å². The molecule has 1 atom stereocenters. The number of imide groups is 1. The summed E-state index contributed by atoms with van der Waals surface area (Å²) in [5.41, 5.74) is 0.755. The number of nitrogens with zero attached hydrogens (tertiary/aromatic N) is 2. The Kier molecular flexibility index (Phi) is 4.99. The van der Waals surface area contributed by atoms with Crippen molar-refractivity contribution in [3.8, 4) is 11.6 Å². The number of benzene rings is 1. The fraction of sp³-hybridized carbons (Fsp3) is 0.176. The second kappa shape index (κ2) is 7.35. The summed E-state index contributed by atoms with van der Waals surface area (Å²) in [5, 5.41) is 5.59. The van der Waals surface area contributed by atoms with Gasteiger partial charge < -0.3 is 9.73 Å². The first kappa shape index (κ1) is 17.0. The van der Waals surface area contributed by atoms with Crippen LogP contribution in [0.15, 0.2) is 52.1 Å². The smallest absolute Gasteiger partial charge is 0.321 e. The van der Waals surface area contributed by atoms with E-state index in [0.29, 0.717) is 16.6 Å². The average Bonchev–Trinajstić information content (AvgIpc) is 3.16. The van der Waals surface area contributed by atoms with Crippen molar-refractivity contribution in [2.45, 2.75) is 17.2 Å². The molecule has 0 spiro atoms. The lowest BCUT2D eigenvalue weighted by Crippen LogP contribution is -2.41. The molecule has 3 rings (SSSR count). The van der Waals surface area contributed by atoms with Gasteiger partial charge in [0.2, 0.25) is 5.91 Å². The highest BCUT2D eigenvalue weighted by molar-refractivity contribution is 8.00. The van der Waals surface area contributed by atoms with Crippen LogP contribution in [0.4, 0.5) is 4.79 Å². The topological polar surface area (TPSA) is 97.1 Å². The number of thioether (sulfide) groups is 1. The normalized spacial score (nSPS) is 11.9. The molecule has 25 heavy (non-hydrogen) atoms. The van der Waals surface area contributed by atoms with E-state index in [2.05, 4.69) is 20.6 Å². The lowest BCUT2D eigenvalue weighted by atomic mass is 10.2. The number of rotatable bonds is 4. The zero-order valence-electron chi connectivity index (χ0n) is 13.6. The van der Waals surface area contributed by atoms with Crippen molar-refractivity contribution in [1.29, 1.82) is 0 Å². The predicted octanol–water partition coefficient (Wildman–Crippen LogP) is 2.83. The van der Waals surface area contributed by atoms with Gasteiger partial charge in [-0.25, -0.2) is 14.8 Å². The molecule has 2 N–H and O–H groups in total. The summed E-state index contributed by atoms with van der Waals surface area (Å²) < 4.78 is 5.38. The Balaban J connectivity index is 1.94. The molecule has 2 aromatic heterocycles. The fourth-order valence-electron chi connectivity index (χ4n) is 2.15. The summed E-state index contributed by atoms with van der Waals surface area (Å²) >= 11 is 1.26. The minimum absolute atomic E-state index is 0.397. The van der Waals surface area contributed by atoms with E-state index < -0.39 is 17.2 Å². The number of urea groups is 1. The first-order valence-corrected chi connectivity index (χ1v) is 8.46. The van der Waals surface area contributed by atoms with Crippen molar-refractivity contribution in [3.05, 3.63) is 42.7 Å². The molecule has 0 saturated heterocycles. The van der Waals surface area contributed by atoms with Crippen LogP contribution in [-0.2, 0) is 4.79 Å².